The molecule has 0 aliphatic carbocycles. The molecule has 3 rings (SSSR count). The molecule has 1 aromatic heterocycles. The van der Waals surface area contributed by atoms with E-state index in [-0.39, 0.29) is 0 Å². The van der Waals surface area contributed by atoms with Gasteiger partial charge in [-0.1, -0.05) is 11.3 Å². The van der Waals surface area contributed by atoms with E-state index in [1.807, 2.05) is 6.92 Å². The molecule has 0 N–H and O–H groups in total. The monoisotopic (exact) mass is 239 g/mol. The molecule has 0 saturated carbocycles. The van der Waals surface area contributed by atoms with Crippen LogP contribution in [0.3, 0.4) is 0 Å². The summed E-state index contributed by atoms with van der Waals surface area (Å²) in [6.07, 6.45) is 5.30. The lowest BCUT2D eigenvalue weighted by Gasteiger charge is -2.35. The minimum Gasteiger partial charge on any atom is -0.466 e. The smallest absolute Gasteiger partial charge is 0.294 e. The second-order valence-electron chi connectivity index (χ2n) is 4.85. The average molecular weight is 239 g/mol. The fourth-order valence-corrected chi connectivity index (χ4v) is 3.53. The molecule has 2 unspecified atom stereocenters. The number of fused-ring (bicyclic) bond motifs is 2. The summed E-state index contributed by atoms with van der Waals surface area (Å²) in [6.45, 7) is 1.96. The zero-order valence-electron chi connectivity index (χ0n) is 9.72. The van der Waals surface area contributed by atoms with Crippen molar-refractivity contribution in [3.05, 3.63) is 5.01 Å². The molecule has 1 aromatic rings. The molecule has 5 heteroatoms. The van der Waals surface area contributed by atoms with Gasteiger partial charge < -0.3 is 9.64 Å². The fraction of sp³-hybridized carbons (Fsp3) is 0.818. The van der Waals surface area contributed by atoms with Crippen molar-refractivity contribution >= 4 is 11.3 Å². The van der Waals surface area contributed by atoms with Gasteiger partial charge in [0.2, 0.25) is 0 Å². The highest BCUT2D eigenvalue weighted by molar-refractivity contribution is 7.12. The topological polar surface area (TPSA) is 38.3 Å². The Morgan fingerprint density at radius 2 is 1.94 bits per heavy atom. The normalized spacial score (nSPS) is 34.2. The zero-order valence-corrected chi connectivity index (χ0v) is 10.5. The van der Waals surface area contributed by atoms with E-state index in [9.17, 15) is 0 Å². The lowest BCUT2D eigenvalue weighted by molar-refractivity contribution is 0.0655. The number of rotatable bonds is 2. The summed E-state index contributed by atoms with van der Waals surface area (Å²) in [5, 5.41) is 9.74. The van der Waals surface area contributed by atoms with Gasteiger partial charge in [-0.3, -0.25) is 0 Å². The van der Waals surface area contributed by atoms with Crippen LogP contribution < -0.4 is 4.74 Å². The van der Waals surface area contributed by atoms with Gasteiger partial charge in [0.05, 0.1) is 0 Å². The molecule has 0 aromatic carbocycles. The van der Waals surface area contributed by atoms with E-state index >= 15 is 0 Å². The fourth-order valence-electron chi connectivity index (χ4n) is 2.93. The molecule has 2 aliphatic heterocycles. The van der Waals surface area contributed by atoms with E-state index in [4.69, 9.17) is 4.74 Å². The molecular weight excluding hydrogens is 222 g/mol. The standard InChI is InChI=1S/C11H17N3OS/c1-7-12-13-11(16-7)15-10-5-8-3-4-9(6-10)14(8)2/h8-10H,3-6H2,1-2H3. The highest BCUT2D eigenvalue weighted by Gasteiger charge is 2.39. The minimum atomic E-state index is 0.348. The highest BCUT2D eigenvalue weighted by Crippen LogP contribution is 2.36. The van der Waals surface area contributed by atoms with Gasteiger partial charge in [-0.05, 0) is 39.7 Å². The van der Waals surface area contributed by atoms with Gasteiger partial charge in [0, 0.05) is 12.1 Å². The molecule has 3 heterocycles. The summed E-state index contributed by atoms with van der Waals surface area (Å²) >= 11 is 1.55. The number of nitrogens with zero attached hydrogens (tertiary/aromatic N) is 3. The predicted molar refractivity (Wildman–Crippen MR) is 62.9 cm³/mol. The van der Waals surface area contributed by atoms with Gasteiger partial charge in [-0.25, -0.2) is 0 Å². The Kier molecular flexibility index (Phi) is 2.59. The minimum absolute atomic E-state index is 0.348. The Balaban J connectivity index is 1.65. The van der Waals surface area contributed by atoms with Crippen LogP contribution in [0.2, 0.25) is 0 Å². The third kappa shape index (κ3) is 1.82. The summed E-state index contributed by atoms with van der Waals surface area (Å²) < 4.78 is 5.92. The van der Waals surface area contributed by atoms with E-state index in [1.165, 1.54) is 12.8 Å². The molecule has 2 atom stereocenters. The van der Waals surface area contributed by atoms with Crippen LogP contribution in [0, 0.1) is 6.92 Å². The lowest BCUT2D eigenvalue weighted by Crippen LogP contribution is -2.43. The van der Waals surface area contributed by atoms with Crippen LogP contribution in [-0.2, 0) is 0 Å². The molecule has 2 aliphatic rings. The van der Waals surface area contributed by atoms with Crippen LogP contribution in [0.1, 0.15) is 30.7 Å². The largest absolute Gasteiger partial charge is 0.466 e. The second kappa shape index (κ2) is 3.96. The first-order chi connectivity index (χ1) is 7.72. The van der Waals surface area contributed by atoms with Gasteiger partial charge in [-0.2, -0.15) is 0 Å². The van der Waals surface area contributed by atoms with Crippen LogP contribution in [0.15, 0.2) is 0 Å². The van der Waals surface area contributed by atoms with Crippen molar-refractivity contribution in [3.63, 3.8) is 0 Å². The van der Waals surface area contributed by atoms with Crippen molar-refractivity contribution in [1.29, 1.82) is 0 Å². The lowest BCUT2D eigenvalue weighted by atomic mass is 10.0. The Bertz CT molecular complexity index is 367. The van der Waals surface area contributed by atoms with E-state index in [0.29, 0.717) is 6.10 Å². The molecule has 0 spiro atoms. The summed E-state index contributed by atoms with van der Waals surface area (Å²) in [5.74, 6) is 0. The summed E-state index contributed by atoms with van der Waals surface area (Å²) in [6, 6.07) is 1.44. The van der Waals surface area contributed by atoms with Crippen molar-refractivity contribution in [2.24, 2.45) is 0 Å². The molecule has 0 radical (unpaired) electrons. The van der Waals surface area contributed by atoms with Gasteiger partial charge in [-0.15, -0.1) is 10.2 Å². The van der Waals surface area contributed by atoms with Crippen LogP contribution in [0.4, 0.5) is 0 Å². The van der Waals surface area contributed by atoms with Crippen LogP contribution in [0.5, 0.6) is 5.19 Å². The van der Waals surface area contributed by atoms with Crippen LogP contribution in [0.25, 0.3) is 0 Å². The van der Waals surface area contributed by atoms with Gasteiger partial charge in [0.15, 0.2) is 0 Å². The van der Waals surface area contributed by atoms with Crippen molar-refractivity contribution in [2.45, 2.75) is 50.8 Å². The first kappa shape index (κ1) is 10.5. The van der Waals surface area contributed by atoms with Gasteiger partial charge in [0.1, 0.15) is 11.1 Å². The number of hydrogen-bond acceptors (Lipinski definition) is 5. The molecule has 2 bridgehead atoms. The highest BCUT2D eigenvalue weighted by atomic mass is 32.1. The number of piperidine rings is 1. The van der Waals surface area contributed by atoms with Crippen LogP contribution in [-0.4, -0.2) is 40.3 Å². The van der Waals surface area contributed by atoms with Gasteiger partial charge >= 0.3 is 0 Å². The first-order valence-corrected chi connectivity index (χ1v) is 6.72. The maximum atomic E-state index is 5.92. The third-order valence-corrected chi connectivity index (χ3v) is 4.56. The van der Waals surface area contributed by atoms with Crippen molar-refractivity contribution in [1.82, 2.24) is 15.1 Å². The first-order valence-electron chi connectivity index (χ1n) is 5.91. The van der Waals surface area contributed by atoms with Crippen molar-refractivity contribution in [3.8, 4) is 5.19 Å². The Hall–Kier alpha value is -0.680. The maximum absolute atomic E-state index is 5.92. The molecule has 2 saturated heterocycles. The molecule has 2 fully saturated rings. The number of hydrogen-bond donors (Lipinski definition) is 0. The average Bonchev–Trinajstić information content (AvgIpc) is 2.72. The summed E-state index contributed by atoms with van der Waals surface area (Å²) in [4.78, 5) is 2.52. The quantitative estimate of drug-likeness (QED) is 0.789. The number of ether oxygens (including phenoxy) is 1. The van der Waals surface area contributed by atoms with Crippen LogP contribution >= 0.6 is 11.3 Å². The summed E-state index contributed by atoms with van der Waals surface area (Å²) in [7, 11) is 2.24. The Morgan fingerprint density at radius 1 is 1.25 bits per heavy atom. The summed E-state index contributed by atoms with van der Waals surface area (Å²) in [5.41, 5.74) is 0. The van der Waals surface area contributed by atoms with Crippen molar-refractivity contribution < 1.29 is 4.74 Å². The molecule has 16 heavy (non-hydrogen) atoms. The molecular formula is C11H17N3OS. The van der Waals surface area contributed by atoms with Gasteiger partial charge in [0.25, 0.3) is 5.19 Å². The third-order valence-electron chi connectivity index (χ3n) is 3.83. The molecule has 0 amide bonds. The SMILES string of the molecule is Cc1nnc(OC2CC3CCC(C2)N3C)s1. The van der Waals surface area contributed by atoms with Crippen molar-refractivity contribution in [2.75, 3.05) is 7.05 Å². The predicted octanol–water partition coefficient (Wildman–Crippen LogP) is 1.85. The number of aromatic nitrogens is 2. The Labute approximate surface area is 99.6 Å². The molecule has 88 valence electrons. The van der Waals surface area contributed by atoms with E-state index in [2.05, 4.69) is 22.1 Å². The van der Waals surface area contributed by atoms with E-state index in [0.717, 1.165) is 35.1 Å². The van der Waals surface area contributed by atoms with E-state index < -0.39 is 0 Å². The molecule has 4 nitrogen and oxygen atoms in total. The Morgan fingerprint density at radius 3 is 2.50 bits per heavy atom. The maximum Gasteiger partial charge on any atom is 0.294 e. The zero-order chi connectivity index (χ0) is 11.1. The number of aryl methyl sites for hydroxylation is 1. The second-order valence-corrected chi connectivity index (χ2v) is 5.99. The van der Waals surface area contributed by atoms with E-state index in [1.54, 1.807) is 11.3 Å².